The van der Waals surface area contributed by atoms with Crippen molar-refractivity contribution < 1.29 is 9.21 Å². The number of benzene rings is 1. The number of furan rings is 1. The first kappa shape index (κ1) is 12.0. The fraction of sp³-hybridized carbons (Fsp3) is 0.143. The molecule has 0 radical (unpaired) electrons. The third-order valence-corrected chi connectivity index (χ3v) is 3.66. The van der Waals surface area contributed by atoms with Gasteiger partial charge in [-0.05, 0) is 36.8 Å². The summed E-state index contributed by atoms with van der Waals surface area (Å²) >= 11 is 1.55. The van der Waals surface area contributed by atoms with Crippen molar-refractivity contribution >= 4 is 29.1 Å². The van der Waals surface area contributed by atoms with Crippen LogP contribution in [0.1, 0.15) is 21.9 Å². The summed E-state index contributed by atoms with van der Waals surface area (Å²) in [6, 6.07) is 9.60. The Kier molecular flexibility index (Phi) is 3.13. The van der Waals surface area contributed by atoms with Crippen LogP contribution < -0.4 is 0 Å². The van der Waals surface area contributed by atoms with Crippen LogP contribution in [0.25, 0.3) is 11.0 Å². The summed E-state index contributed by atoms with van der Waals surface area (Å²) in [4.78, 5) is 18.3. The lowest BCUT2D eigenvalue weighted by atomic mass is 10.2. The number of carbonyl (C=O) groups is 1. The number of thioether (sulfide) groups is 1. The molecule has 0 spiro atoms. The van der Waals surface area contributed by atoms with E-state index in [1.165, 1.54) is 5.56 Å². The number of imidazole rings is 1. The minimum absolute atomic E-state index is 0.357. The predicted octanol–water partition coefficient (Wildman–Crippen LogP) is 3.57. The summed E-state index contributed by atoms with van der Waals surface area (Å²) in [6.45, 7) is 2.05. The monoisotopic (exact) mass is 272 g/mol. The van der Waals surface area contributed by atoms with Crippen molar-refractivity contribution in [2.24, 2.45) is 0 Å². The molecular formula is C14H12N2O2S. The number of nitrogens with one attached hydrogen (secondary N) is 1. The fourth-order valence-corrected chi connectivity index (χ4v) is 2.62. The summed E-state index contributed by atoms with van der Waals surface area (Å²) in [6.07, 6.45) is 0.706. The first-order valence-corrected chi connectivity index (χ1v) is 6.86. The number of aromatic nitrogens is 2. The molecule has 1 aromatic carbocycles. The Morgan fingerprint density at radius 3 is 3.05 bits per heavy atom. The lowest BCUT2D eigenvalue weighted by molar-refractivity contribution is 0.109. The summed E-state index contributed by atoms with van der Waals surface area (Å²) in [5.41, 5.74) is 3.20. The number of aldehydes is 1. The maximum atomic E-state index is 10.5. The van der Waals surface area contributed by atoms with E-state index in [2.05, 4.69) is 23.0 Å². The van der Waals surface area contributed by atoms with Crippen molar-refractivity contribution in [1.29, 1.82) is 0 Å². The van der Waals surface area contributed by atoms with Gasteiger partial charge in [0.2, 0.25) is 0 Å². The van der Waals surface area contributed by atoms with Gasteiger partial charge in [-0.2, -0.15) is 0 Å². The first-order valence-electron chi connectivity index (χ1n) is 5.87. The number of H-pyrrole nitrogens is 1. The lowest BCUT2D eigenvalue weighted by Crippen LogP contribution is -1.78. The highest BCUT2D eigenvalue weighted by Crippen LogP contribution is 2.24. The summed E-state index contributed by atoms with van der Waals surface area (Å²) in [5.74, 6) is 1.77. The normalized spacial score (nSPS) is 11.0. The van der Waals surface area contributed by atoms with Gasteiger partial charge in [0.1, 0.15) is 5.76 Å². The largest absolute Gasteiger partial charge is 0.457 e. The Morgan fingerprint density at radius 1 is 1.37 bits per heavy atom. The van der Waals surface area contributed by atoms with Crippen LogP contribution in [0.2, 0.25) is 0 Å². The zero-order valence-corrected chi connectivity index (χ0v) is 11.2. The molecule has 2 heterocycles. The smallest absolute Gasteiger partial charge is 0.185 e. The fourth-order valence-electron chi connectivity index (χ4n) is 1.84. The van der Waals surface area contributed by atoms with Crippen molar-refractivity contribution in [3.63, 3.8) is 0 Å². The molecule has 0 unspecified atom stereocenters. The van der Waals surface area contributed by atoms with Gasteiger partial charge in [0.05, 0.1) is 16.8 Å². The molecule has 5 heteroatoms. The number of hydrogen-bond acceptors (Lipinski definition) is 4. The maximum absolute atomic E-state index is 10.5. The van der Waals surface area contributed by atoms with Gasteiger partial charge in [0.25, 0.3) is 0 Å². The Hall–Kier alpha value is -2.01. The molecule has 3 rings (SSSR count). The van der Waals surface area contributed by atoms with Crippen LogP contribution in [-0.2, 0) is 5.75 Å². The number of rotatable bonds is 4. The molecule has 3 aromatic rings. The SMILES string of the molecule is Cc1ccc2nc(SCc3ccc(C=O)o3)[nH]c2c1. The quantitative estimate of drug-likeness (QED) is 0.582. The molecule has 0 fully saturated rings. The Morgan fingerprint density at radius 2 is 2.26 bits per heavy atom. The second-order valence-electron chi connectivity index (χ2n) is 4.27. The molecule has 0 atom stereocenters. The number of carbonyl (C=O) groups excluding carboxylic acids is 1. The van der Waals surface area contributed by atoms with Gasteiger partial charge in [-0.15, -0.1) is 0 Å². The van der Waals surface area contributed by atoms with Crippen LogP contribution in [0.15, 0.2) is 39.9 Å². The van der Waals surface area contributed by atoms with Crippen LogP contribution in [0.5, 0.6) is 0 Å². The van der Waals surface area contributed by atoms with Gasteiger partial charge in [-0.25, -0.2) is 4.98 Å². The van der Waals surface area contributed by atoms with Crippen molar-refractivity contribution in [2.45, 2.75) is 17.8 Å². The molecule has 0 aliphatic rings. The van der Waals surface area contributed by atoms with Crippen LogP contribution in [0.3, 0.4) is 0 Å². The summed E-state index contributed by atoms with van der Waals surface area (Å²) in [7, 11) is 0. The lowest BCUT2D eigenvalue weighted by Gasteiger charge is -1.93. The van der Waals surface area contributed by atoms with Gasteiger partial charge in [0, 0.05) is 0 Å². The summed E-state index contributed by atoms with van der Waals surface area (Å²) in [5, 5.41) is 0.852. The molecule has 96 valence electrons. The van der Waals surface area contributed by atoms with Crippen LogP contribution in [-0.4, -0.2) is 16.3 Å². The van der Waals surface area contributed by atoms with Gasteiger partial charge in [0.15, 0.2) is 17.2 Å². The standard InChI is InChI=1S/C14H12N2O2S/c1-9-2-5-12-13(6-9)16-14(15-12)19-8-11-4-3-10(7-17)18-11/h2-7H,8H2,1H3,(H,15,16). The minimum Gasteiger partial charge on any atom is -0.457 e. The zero-order valence-electron chi connectivity index (χ0n) is 10.3. The summed E-state index contributed by atoms with van der Waals surface area (Å²) < 4.78 is 5.32. The molecule has 2 aromatic heterocycles. The Balaban J connectivity index is 1.76. The second-order valence-corrected chi connectivity index (χ2v) is 5.24. The van der Waals surface area contributed by atoms with E-state index in [9.17, 15) is 4.79 Å². The van der Waals surface area contributed by atoms with Gasteiger partial charge in [-0.3, -0.25) is 4.79 Å². The number of hydrogen-bond donors (Lipinski definition) is 1. The topological polar surface area (TPSA) is 58.9 Å². The molecule has 0 aliphatic heterocycles. The molecule has 0 aliphatic carbocycles. The van der Waals surface area contributed by atoms with Crippen LogP contribution >= 0.6 is 11.8 Å². The van der Waals surface area contributed by atoms with Crippen LogP contribution in [0.4, 0.5) is 0 Å². The van der Waals surface area contributed by atoms with Crippen LogP contribution in [0, 0.1) is 6.92 Å². The number of nitrogens with zero attached hydrogens (tertiary/aromatic N) is 1. The van der Waals surface area contributed by atoms with E-state index >= 15 is 0 Å². The highest BCUT2D eigenvalue weighted by Gasteiger charge is 2.06. The molecule has 4 nitrogen and oxygen atoms in total. The molecular weight excluding hydrogens is 260 g/mol. The van der Waals surface area contributed by atoms with E-state index < -0.39 is 0 Å². The average Bonchev–Trinajstić information content (AvgIpc) is 3.01. The highest BCUT2D eigenvalue weighted by molar-refractivity contribution is 7.98. The van der Waals surface area contributed by atoms with Crippen molar-refractivity contribution in [1.82, 2.24) is 9.97 Å². The number of aryl methyl sites for hydroxylation is 1. The minimum atomic E-state index is 0.357. The van der Waals surface area contributed by atoms with E-state index in [1.54, 1.807) is 17.8 Å². The van der Waals surface area contributed by atoms with E-state index in [0.29, 0.717) is 17.8 Å². The molecule has 0 saturated carbocycles. The first-order chi connectivity index (χ1) is 9.24. The number of aromatic amines is 1. The van der Waals surface area contributed by atoms with E-state index in [-0.39, 0.29) is 0 Å². The molecule has 0 bridgehead atoms. The highest BCUT2D eigenvalue weighted by atomic mass is 32.2. The molecule has 0 amide bonds. The van der Waals surface area contributed by atoms with Crippen molar-refractivity contribution in [3.05, 3.63) is 47.4 Å². The van der Waals surface area contributed by atoms with Crippen molar-refractivity contribution in [3.8, 4) is 0 Å². The maximum Gasteiger partial charge on any atom is 0.185 e. The molecule has 19 heavy (non-hydrogen) atoms. The predicted molar refractivity (Wildman–Crippen MR) is 74.5 cm³/mol. The average molecular weight is 272 g/mol. The molecule has 0 saturated heterocycles. The van der Waals surface area contributed by atoms with Crippen molar-refractivity contribution in [2.75, 3.05) is 0 Å². The van der Waals surface area contributed by atoms with E-state index in [1.807, 2.05) is 18.2 Å². The Labute approximate surface area is 114 Å². The van der Waals surface area contributed by atoms with E-state index in [4.69, 9.17) is 4.42 Å². The molecule has 1 N–H and O–H groups in total. The van der Waals surface area contributed by atoms with Gasteiger partial charge >= 0.3 is 0 Å². The number of fused-ring (bicyclic) bond motifs is 1. The Bertz CT molecular complexity index is 730. The third kappa shape index (κ3) is 2.56. The van der Waals surface area contributed by atoms with Gasteiger partial charge in [-0.1, -0.05) is 17.8 Å². The third-order valence-electron chi connectivity index (χ3n) is 2.77. The van der Waals surface area contributed by atoms with Gasteiger partial charge < -0.3 is 9.40 Å². The van der Waals surface area contributed by atoms with E-state index in [0.717, 1.165) is 22.0 Å². The zero-order chi connectivity index (χ0) is 13.2. The second kappa shape index (κ2) is 4.93.